The molecule has 0 amide bonds. The van der Waals surface area contributed by atoms with E-state index in [0.717, 1.165) is 0 Å². The quantitative estimate of drug-likeness (QED) is 0.668. The fourth-order valence-electron chi connectivity index (χ4n) is 1.10. The zero-order valence-electron chi connectivity index (χ0n) is 6.64. The molecule has 0 spiro atoms. The van der Waals surface area contributed by atoms with Crippen molar-refractivity contribution in [3.05, 3.63) is 30.2 Å². The minimum atomic E-state index is -1.04. The van der Waals surface area contributed by atoms with Gasteiger partial charge in [0.2, 0.25) is 0 Å². The Morgan fingerprint density at radius 1 is 1.62 bits per heavy atom. The highest BCUT2D eigenvalue weighted by molar-refractivity contribution is 5.86. The lowest BCUT2D eigenvalue weighted by molar-refractivity contribution is 0.0691. The number of hydrogen-bond acceptors (Lipinski definition) is 3. The van der Waals surface area contributed by atoms with Crippen molar-refractivity contribution in [2.24, 2.45) is 0 Å². The molecular formula is C8H7N3O2. The van der Waals surface area contributed by atoms with E-state index in [9.17, 15) is 4.79 Å². The highest BCUT2D eigenvalue weighted by Crippen LogP contribution is 2.09. The number of fused-ring (bicyclic) bond motifs is 1. The van der Waals surface area contributed by atoms with Crippen LogP contribution < -0.4 is 5.73 Å². The zero-order valence-corrected chi connectivity index (χ0v) is 6.64. The number of nitrogen functional groups attached to an aromatic ring is 1. The second-order valence-corrected chi connectivity index (χ2v) is 2.66. The van der Waals surface area contributed by atoms with Crippen molar-refractivity contribution in [3.8, 4) is 0 Å². The molecule has 0 aliphatic carbocycles. The standard InChI is InChI=1S/C8H7N3O2/c9-5-1-2-11-4-6(8(12)13)10-7(11)3-5/h1-4H,9H2,(H,12,13). The Kier molecular flexibility index (Phi) is 1.45. The fraction of sp³-hybridized carbons (Fsp3) is 0. The van der Waals surface area contributed by atoms with Gasteiger partial charge in [0.15, 0.2) is 5.69 Å². The van der Waals surface area contributed by atoms with E-state index >= 15 is 0 Å². The summed E-state index contributed by atoms with van der Waals surface area (Å²) in [5, 5.41) is 8.65. The van der Waals surface area contributed by atoms with Crippen molar-refractivity contribution in [1.82, 2.24) is 9.38 Å². The van der Waals surface area contributed by atoms with E-state index in [-0.39, 0.29) is 5.69 Å². The van der Waals surface area contributed by atoms with Crippen LogP contribution in [0.2, 0.25) is 0 Å². The van der Waals surface area contributed by atoms with Crippen molar-refractivity contribution in [2.45, 2.75) is 0 Å². The predicted molar refractivity (Wildman–Crippen MR) is 46.6 cm³/mol. The summed E-state index contributed by atoms with van der Waals surface area (Å²) < 4.78 is 1.61. The lowest BCUT2D eigenvalue weighted by Crippen LogP contribution is -1.94. The number of imidazole rings is 1. The number of nitrogens with zero attached hydrogens (tertiary/aromatic N) is 2. The van der Waals surface area contributed by atoms with Crippen LogP contribution >= 0.6 is 0 Å². The molecule has 5 heteroatoms. The number of carbonyl (C=O) groups is 1. The second kappa shape index (κ2) is 2.48. The normalized spacial score (nSPS) is 10.5. The number of carboxylic acid groups (broad SMARTS) is 1. The second-order valence-electron chi connectivity index (χ2n) is 2.66. The summed E-state index contributed by atoms with van der Waals surface area (Å²) in [7, 11) is 0. The van der Waals surface area contributed by atoms with Gasteiger partial charge in [-0.1, -0.05) is 0 Å². The van der Waals surface area contributed by atoms with Crippen LogP contribution in [0, 0.1) is 0 Å². The molecule has 2 heterocycles. The van der Waals surface area contributed by atoms with E-state index in [2.05, 4.69) is 4.98 Å². The number of aromatic carboxylic acids is 1. The smallest absolute Gasteiger partial charge is 0.356 e. The minimum Gasteiger partial charge on any atom is -0.476 e. The summed E-state index contributed by atoms with van der Waals surface area (Å²) in [5.41, 5.74) is 6.63. The first-order valence-corrected chi connectivity index (χ1v) is 3.64. The summed E-state index contributed by atoms with van der Waals surface area (Å²) in [5.74, 6) is -1.04. The van der Waals surface area contributed by atoms with E-state index in [1.165, 1.54) is 6.20 Å². The lowest BCUT2D eigenvalue weighted by Gasteiger charge is -1.92. The topological polar surface area (TPSA) is 80.6 Å². The summed E-state index contributed by atoms with van der Waals surface area (Å²) in [6, 6.07) is 3.30. The zero-order chi connectivity index (χ0) is 9.42. The largest absolute Gasteiger partial charge is 0.476 e. The van der Waals surface area contributed by atoms with Gasteiger partial charge in [0.1, 0.15) is 5.65 Å². The Morgan fingerprint density at radius 2 is 2.38 bits per heavy atom. The fourth-order valence-corrected chi connectivity index (χ4v) is 1.10. The molecule has 0 unspecified atom stereocenters. The average molecular weight is 177 g/mol. The number of anilines is 1. The number of rotatable bonds is 1. The number of pyridine rings is 1. The molecule has 0 fully saturated rings. The Hall–Kier alpha value is -2.04. The summed E-state index contributed by atoms with van der Waals surface area (Å²) >= 11 is 0. The van der Waals surface area contributed by atoms with Crippen molar-refractivity contribution in [1.29, 1.82) is 0 Å². The molecule has 13 heavy (non-hydrogen) atoms. The van der Waals surface area contributed by atoms with Crippen molar-refractivity contribution in [3.63, 3.8) is 0 Å². The molecule has 66 valence electrons. The third-order valence-corrected chi connectivity index (χ3v) is 1.70. The maximum absolute atomic E-state index is 10.5. The first-order chi connectivity index (χ1) is 6.16. The van der Waals surface area contributed by atoms with Crippen molar-refractivity contribution < 1.29 is 9.90 Å². The first-order valence-electron chi connectivity index (χ1n) is 3.64. The Balaban J connectivity index is 2.68. The van der Waals surface area contributed by atoms with Gasteiger partial charge in [-0.25, -0.2) is 9.78 Å². The Labute approximate surface area is 73.4 Å². The number of nitrogens with two attached hydrogens (primary N) is 1. The Bertz CT molecular complexity index is 475. The molecule has 2 aromatic rings. The molecule has 0 saturated carbocycles. The van der Waals surface area contributed by atoms with Crippen LogP contribution in [0.4, 0.5) is 5.69 Å². The summed E-state index contributed by atoms with van der Waals surface area (Å²) in [6.45, 7) is 0. The first kappa shape index (κ1) is 7.60. The number of carboxylic acids is 1. The molecular weight excluding hydrogens is 170 g/mol. The third kappa shape index (κ3) is 1.20. The Morgan fingerprint density at radius 3 is 3.08 bits per heavy atom. The van der Waals surface area contributed by atoms with Crippen LogP contribution in [-0.2, 0) is 0 Å². The van der Waals surface area contributed by atoms with Crippen LogP contribution in [0.5, 0.6) is 0 Å². The summed E-state index contributed by atoms with van der Waals surface area (Å²) in [6.07, 6.45) is 3.11. The van der Waals surface area contributed by atoms with Gasteiger partial charge < -0.3 is 15.2 Å². The molecule has 0 aromatic carbocycles. The maximum atomic E-state index is 10.5. The van der Waals surface area contributed by atoms with Gasteiger partial charge >= 0.3 is 5.97 Å². The third-order valence-electron chi connectivity index (χ3n) is 1.70. The van der Waals surface area contributed by atoms with Gasteiger partial charge in [-0.3, -0.25) is 0 Å². The van der Waals surface area contributed by atoms with Gasteiger partial charge in [0.05, 0.1) is 0 Å². The molecule has 5 nitrogen and oxygen atoms in total. The predicted octanol–water partition coefficient (Wildman–Crippen LogP) is 0.615. The minimum absolute atomic E-state index is 0.0191. The molecule has 0 radical (unpaired) electrons. The van der Waals surface area contributed by atoms with E-state index < -0.39 is 5.97 Å². The average Bonchev–Trinajstić information content (AvgIpc) is 2.46. The van der Waals surface area contributed by atoms with Crippen LogP contribution in [0.15, 0.2) is 24.5 Å². The van der Waals surface area contributed by atoms with Crippen molar-refractivity contribution >= 4 is 17.3 Å². The molecule has 0 saturated heterocycles. The highest BCUT2D eigenvalue weighted by atomic mass is 16.4. The maximum Gasteiger partial charge on any atom is 0.356 e. The van der Waals surface area contributed by atoms with Crippen LogP contribution in [0.1, 0.15) is 10.5 Å². The monoisotopic (exact) mass is 177 g/mol. The van der Waals surface area contributed by atoms with Gasteiger partial charge in [0.25, 0.3) is 0 Å². The number of aromatic nitrogens is 2. The van der Waals surface area contributed by atoms with Gasteiger partial charge in [-0.15, -0.1) is 0 Å². The number of hydrogen-bond donors (Lipinski definition) is 2. The van der Waals surface area contributed by atoms with Crippen LogP contribution in [0.3, 0.4) is 0 Å². The molecule has 0 bridgehead atoms. The molecule has 0 aliphatic heterocycles. The van der Waals surface area contributed by atoms with E-state index in [4.69, 9.17) is 10.8 Å². The molecule has 0 aliphatic rings. The highest BCUT2D eigenvalue weighted by Gasteiger charge is 2.07. The molecule has 2 aromatic heterocycles. The molecule has 3 N–H and O–H groups in total. The molecule has 2 rings (SSSR count). The van der Waals surface area contributed by atoms with Crippen LogP contribution in [-0.4, -0.2) is 20.5 Å². The lowest BCUT2D eigenvalue weighted by atomic mass is 10.4. The van der Waals surface area contributed by atoms with E-state index in [1.54, 1.807) is 22.7 Å². The SMILES string of the molecule is Nc1ccn2cc(C(=O)O)nc2c1. The van der Waals surface area contributed by atoms with Crippen LogP contribution in [0.25, 0.3) is 5.65 Å². The molecule has 0 atom stereocenters. The van der Waals surface area contributed by atoms with Crippen molar-refractivity contribution in [2.75, 3.05) is 5.73 Å². The van der Waals surface area contributed by atoms with Gasteiger partial charge in [-0.2, -0.15) is 0 Å². The van der Waals surface area contributed by atoms with E-state index in [0.29, 0.717) is 11.3 Å². The van der Waals surface area contributed by atoms with Gasteiger partial charge in [-0.05, 0) is 6.07 Å². The summed E-state index contributed by atoms with van der Waals surface area (Å²) in [4.78, 5) is 14.4. The van der Waals surface area contributed by atoms with E-state index in [1.807, 2.05) is 0 Å². The van der Waals surface area contributed by atoms with Gasteiger partial charge in [0, 0.05) is 24.1 Å².